The first-order valence-corrected chi connectivity index (χ1v) is 9.32. The monoisotopic (exact) mass is 390 g/mol. The number of hydrogen-bond acceptors (Lipinski definition) is 5. The van der Waals surface area contributed by atoms with Gasteiger partial charge in [0.2, 0.25) is 0 Å². The van der Waals surface area contributed by atoms with Crippen LogP contribution in [0.3, 0.4) is 0 Å². The van der Waals surface area contributed by atoms with Crippen LogP contribution in [0.25, 0.3) is 6.08 Å². The first-order valence-electron chi connectivity index (χ1n) is 9.32. The molecular weight excluding hydrogens is 368 g/mol. The molecule has 2 aromatic carbocycles. The molecule has 0 spiro atoms. The summed E-state index contributed by atoms with van der Waals surface area (Å²) in [4.78, 5) is 24.2. The van der Waals surface area contributed by atoms with Crippen LogP contribution in [0.4, 0.5) is 5.69 Å². The van der Waals surface area contributed by atoms with E-state index in [2.05, 4.69) is 5.10 Å². The molecule has 0 aromatic heterocycles. The Balaban J connectivity index is 1.76. The van der Waals surface area contributed by atoms with E-state index in [0.29, 0.717) is 29.3 Å². The predicted octanol–water partition coefficient (Wildman–Crippen LogP) is 3.99. The Labute approximate surface area is 169 Å². The lowest BCUT2D eigenvalue weighted by atomic mass is 10.1. The van der Waals surface area contributed by atoms with Crippen LogP contribution < -0.4 is 9.75 Å². The average Bonchev–Trinajstić information content (AvgIpc) is 3.01. The Bertz CT molecular complexity index is 977. The maximum atomic E-state index is 12.9. The van der Waals surface area contributed by atoms with Gasteiger partial charge in [-0.2, -0.15) is 10.1 Å². The van der Waals surface area contributed by atoms with Crippen molar-refractivity contribution < 1.29 is 19.1 Å². The summed E-state index contributed by atoms with van der Waals surface area (Å²) in [6, 6.07) is 16.7. The van der Waals surface area contributed by atoms with Crippen molar-refractivity contribution in [2.45, 2.75) is 13.8 Å². The van der Waals surface area contributed by atoms with Gasteiger partial charge in [0.1, 0.15) is 12.4 Å². The highest BCUT2D eigenvalue weighted by Gasteiger charge is 2.28. The molecule has 0 unspecified atom stereocenters. The number of nitrogens with zero attached hydrogens (tertiary/aromatic N) is 2. The highest BCUT2D eigenvalue weighted by molar-refractivity contribution is 6.32. The van der Waals surface area contributed by atoms with E-state index >= 15 is 0 Å². The van der Waals surface area contributed by atoms with E-state index in [4.69, 9.17) is 9.47 Å². The average molecular weight is 390 g/mol. The number of hydrazone groups is 1. The predicted molar refractivity (Wildman–Crippen MR) is 113 cm³/mol. The molecule has 1 aliphatic heterocycles. The number of hydrogen-bond donors (Lipinski definition) is 0. The number of ether oxygens (including phenoxy) is 2. The number of amides is 1. The van der Waals surface area contributed by atoms with Crippen molar-refractivity contribution >= 4 is 29.4 Å². The Morgan fingerprint density at radius 2 is 1.83 bits per heavy atom. The fraction of sp³-hybridized carbons (Fsp3) is 0.174. The van der Waals surface area contributed by atoms with Crippen molar-refractivity contribution in [1.29, 1.82) is 0 Å². The zero-order valence-corrected chi connectivity index (χ0v) is 16.4. The number of carbonyl (C=O) groups is 2. The van der Waals surface area contributed by atoms with Gasteiger partial charge < -0.3 is 9.47 Å². The smallest absolute Gasteiger partial charge is 0.330 e. The molecule has 1 amide bonds. The first-order chi connectivity index (χ1) is 14.1. The topological polar surface area (TPSA) is 68.2 Å². The molecule has 0 radical (unpaired) electrons. The summed E-state index contributed by atoms with van der Waals surface area (Å²) < 4.78 is 10.6. The summed E-state index contributed by atoms with van der Waals surface area (Å²) in [7, 11) is 0. The molecule has 0 N–H and O–H groups in total. The fourth-order valence-electron chi connectivity index (χ4n) is 2.79. The second kappa shape index (κ2) is 9.50. The van der Waals surface area contributed by atoms with Crippen molar-refractivity contribution in [2.24, 2.45) is 5.10 Å². The van der Waals surface area contributed by atoms with Gasteiger partial charge in [-0.05, 0) is 44.2 Å². The molecule has 6 nitrogen and oxygen atoms in total. The van der Waals surface area contributed by atoms with Gasteiger partial charge in [0.05, 0.1) is 23.6 Å². The van der Waals surface area contributed by atoms with E-state index in [1.807, 2.05) is 54.6 Å². The minimum absolute atomic E-state index is 0.189. The van der Waals surface area contributed by atoms with Crippen LogP contribution in [-0.2, 0) is 14.3 Å². The Hall–Kier alpha value is -3.67. The first kappa shape index (κ1) is 20.1. The standard InChI is InChI=1S/C23H22N2O4/c1-3-28-22(26)14-9-15-29-21-13-8-7-10-18(21)16-20-17(2)24-25(23(20)27)19-11-5-4-6-12-19/h4-14,16H,3,15H2,1-2H3/b14-9+,20-16-. The van der Waals surface area contributed by atoms with Gasteiger partial charge in [0.15, 0.2) is 0 Å². The number of carbonyl (C=O) groups excluding carboxylic acids is 2. The Morgan fingerprint density at radius 3 is 2.59 bits per heavy atom. The van der Waals surface area contributed by atoms with Gasteiger partial charge in [-0.1, -0.05) is 36.4 Å². The van der Waals surface area contributed by atoms with Crippen molar-refractivity contribution in [1.82, 2.24) is 0 Å². The third-order valence-corrected chi connectivity index (χ3v) is 4.16. The number of anilines is 1. The quantitative estimate of drug-likeness (QED) is 0.530. The van der Waals surface area contributed by atoms with E-state index in [-0.39, 0.29) is 12.5 Å². The van der Waals surface area contributed by atoms with Crippen molar-refractivity contribution in [3.05, 3.63) is 77.9 Å². The van der Waals surface area contributed by atoms with Crippen molar-refractivity contribution in [3.8, 4) is 5.75 Å². The second-order valence-corrected chi connectivity index (χ2v) is 6.20. The van der Waals surface area contributed by atoms with Crippen LogP contribution in [0, 0.1) is 0 Å². The number of esters is 1. The minimum atomic E-state index is -0.407. The summed E-state index contributed by atoms with van der Waals surface area (Å²) in [6.07, 6.45) is 4.70. The molecule has 0 aliphatic carbocycles. The Kier molecular flexibility index (Phi) is 6.58. The van der Waals surface area contributed by atoms with E-state index in [0.717, 1.165) is 5.56 Å². The van der Waals surface area contributed by atoms with Crippen LogP contribution in [0.15, 0.2) is 77.4 Å². The summed E-state index contributed by atoms with van der Waals surface area (Å²) in [5.41, 5.74) is 2.61. The molecular formula is C23H22N2O4. The fourth-order valence-corrected chi connectivity index (χ4v) is 2.79. The van der Waals surface area contributed by atoms with E-state index < -0.39 is 5.97 Å². The molecule has 1 aliphatic rings. The van der Waals surface area contributed by atoms with Crippen LogP contribution in [0.2, 0.25) is 0 Å². The molecule has 148 valence electrons. The molecule has 0 fully saturated rings. The van der Waals surface area contributed by atoms with Gasteiger partial charge in [-0.3, -0.25) is 4.79 Å². The second-order valence-electron chi connectivity index (χ2n) is 6.20. The molecule has 2 aromatic rings. The number of rotatable bonds is 7. The maximum Gasteiger partial charge on any atom is 0.330 e. The van der Waals surface area contributed by atoms with E-state index in [1.165, 1.54) is 11.1 Å². The van der Waals surface area contributed by atoms with E-state index in [9.17, 15) is 9.59 Å². The van der Waals surface area contributed by atoms with Gasteiger partial charge in [0, 0.05) is 11.6 Å². The molecule has 0 atom stereocenters. The highest BCUT2D eigenvalue weighted by atomic mass is 16.5. The molecule has 3 rings (SSSR count). The van der Waals surface area contributed by atoms with Gasteiger partial charge in [0.25, 0.3) is 5.91 Å². The van der Waals surface area contributed by atoms with Crippen LogP contribution in [0.1, 0.15) is 19.4 Å². The summed E-state index contributed by atoms with van der Waals surface area (Å²) in [6.45, 7) is 4.09. The zero-order valence-electron chi connectivity index (χ0n) is 16.4. The summed E-state index contributed by atoms with van der Waals surface area (Å²) in [5.74, 6) is 0.00822. The highest BCUT2D eigenvalue weighted by Crippen LogP contribution is 2.27. The lowest BCUT2D eigenvalue weighted by Gasteiger charge is -2.11. The number of para-hydroxylation sites is 2. The lowest BCUT2D eigenvalue weighted by molar-refractivity contribution is -0.137. The summed E-state index contributed by atoms with van der Waals surface area (Å²) in [5, 5.41) is 5.78. The lowest BCUT2D eigenvalue weighted by Crippen LogP contribution is -2.21. The van der Waals surface area contributed by atoms with Crippen molar-refractivity contribution in [3.63, 3.8) is 0 Å². The minimum Gasteiger partial charge on any atom is -0.489 e. The molecule has 1 heterocycles. The van der Waals surface area contributed by atoms with Crippen LogP contribution >= 0.6 is 0 Å². The van der Waals surface area contributed by atoms with Crippen LogP contribution in [-0.4, -0.2) is 30.8 Å². The van der Waals surface area contributed by atoms with E-state index in [1.54, 1.807) is 26.0 Å². The van der Waals surface area contributed by atoms with Gasteiger partial charge in [-0.15, -0.1) is 0 Å². The molecule has 0 saturated heterocycles. The normalized spacial score (nSPS) is 15.1. The summed E-state index contributed by atoms with van der Waals surface area (Å²) >= 11 is 0. The molecule has 0 bridgehead atoms. The number of benzene rings is 2. The third-order valence-electron chi connectivity index (χ3n) is 4.16. The Morgan fingerprint density at radius 1 is 1.10 bits per heavy atom. The maximum absolute atomic E-state index is 12.9. The van der Waals surface area contributed by atoms with Crippen molar-refractivity contribution in [2.75, 3.05) is 18.2 Å². The van der Waals surface area contributed by atoms with Crippen LogP contribution in [0.5, 0.6) is 5.75 Å². The molecule has 0 saturated carbocycles. The van der Waals surface area contributed by atoms with Gasteiger partial charge in [-0.25, -0.2) is 4.79 Å². The SMILES string of the molecule is CCOC(=O)/C=C/COc1ccccc1/C=C1\C(=O)N(c2ccccc2)N=C1C. The zero-order chi connectivity index (χ0) is 20.6. The van der Waals surface area contributed by atoms with Gasteiger partial charge >= 0.3 is 5.97 Å². The molecule has 6 heteroatoms. The largest absolute Gasteiger partial charge is 0.489 e. The molecule has 29 heavy (non-hydrogen) atoms. The third kappa shape index (κ3) is 4.99.